The van der Waals surface area contributed by atoms with Gasteiger partial charge in [-0.05, 0) is 25.8 Å². The third kappa shape index (κ3) is 2.60. The van der Waals surface area contributed by atoms with Gasteiger partial charge < -0.3 is 14.6 Å². The number of esters is 1. The van der Waals surface area contributed by atoms with Gasteiger partial charge >= 0.3 is 5.97 Å². The van der Waals surface area contributed by atoms with Gasteiger partial charge in [0.15, 0.2) is 11.5 Å². The highest BCUT2D eigenvalue weighted by Crippen LogP contribution is 2.52. The van der Waals surface area contributed by atoms with Crippen molar-refractivity contribution < 1.29 is 24.2 Å². The van der Waals surface area contributed by atoms with E-state index in [1.54, 1.807) is 20.8 Å². The molecular weight excluding hydrogens is 296 g/mol. The molecule has 5 heteroatoms. The van der Waals surface area contributed by atoms with Crippen molar-refractivity contribution in [3.63, 3.8) is 0 Å². The molecule has 23 heavy (non-hydrogen) atoms. The maximum absolute atomic E-state index is 12.8. The Hall–Kier alpha value is -2.30. The van der Waals surface area contributed by atoms with E-state index in [1.165, 1.54) is 0 Å². The van der Waals surface area contributed by atoms with Crippen LogP contribution in [0, 0.1) is 5.41 Å². The largest absolute Gasteiger partial charge is 0.502 e. The maximum atomic E-state index is 12.8. The van der Waals surface area contributed by atoms with Crippen LogP contribution in [-0.4, -0.2) is 30.1 Å². The summed E-state index contributed by atoms with van der Waals surface area (Å²) in [6, 6.07) is 9.13. The normalized spacial score (nSPS) is 24.0. The van der Waals surface area contributed by atoms with Crippen molar-refractivity contribution in [2.45, 2.75) is 33.1 Å². The lowest BCUT2D eigenvalue weighted by Gasteiger charge is -2.31. The van der Waals surface area contributed by atoms with Crippen LogP contribution in [0.4, 0.5) is 0 Å². The summed E-state index contributed by atoms with van der Waals surface area (Å²) in [5, 5.41) is 10.3. The van der Waals surface area contributed by atoms with Gasteiger partial charge in [0.25, 0.3) is 0 Å². The summed E-state index contributed by atoms with van der Waals surface area (Å²) in [4.78, 5) is 25.4. The third-order valence-electron chi connectivity index (χ3n) is 4.24. The monoisotopic (exact) mass is 318 g/mol. The van der Waals surface area contributed by atoms with E-state index >= 15 is 0 Å². The minimum atomic E-state index is -1.48. The molecule has 5 nitrogen and oxygen atoms in total. The predicted molar refractivity (Wildman–Crippen MR) is 84.8 cm³/mol. The molecule has 1 aliphatic carbocycles. The molecule has 0 fully saturated rings. The Morgan fingerprint density at radius 1 is 1.17 bits per heavy atom. The fourth-order valence-electron chi connectivity index (χ4n) is 3.18. The molecule has 0 aromatic heterocycles. The number of hydrogen-bond donors (Lipinski definition) is 1. The smallest absolute Gasteiger partial charge is 0.321 e. The van der Waals surface area contributed by atoms with Crippen LogP contribution in [0.1, 0.15) is 38.7 Å². The summed E-state index contributed by atoms with van der Waals surface area (Å²) in [7, 11) is 0. The van der Waals surface area contributed by atoms with Crippen LogP contribution in [0.3, 0.4) is 0 Å². The van der Waals surface area contributed by atoms with Gasteiger partial charge in [0.2, 0.25) is 5.78 Å². The van der Waals surface area contributed by atoms with Crippen LogP contribution < -0.4 is 0 Å². The number of ketones is 1. The van der Waals surface area contributed by atoms with E-state index in [0.29, 0.717) is 6.61 Å². The molecule has 0 aliphatic heterocycles. The first-order valence-corrected chi connectivity index (χ1v) is 7.87. The zero-order chi connectivity index (χ0) is 17.0. The van der Waals surface area contributed by atoms with E-state index in [4.69, 9.17) is 9.47 Å². The molecule has 1 aromatic carbocycles. The van der Waals surface area contributed by atoms with Gasteiger partial charge in [-0.3, -0.25) is 9.59 Å². The fraction of sp³-hybridized carbons (Fsp3) is 0.444. The Kier molecular flexibility index (Phi) is 5.08. The number of allylic oxidation sites excluding steroid dienone is 2. The molecule has 2 atom stereocenters. The minimum Gasteiger partial charge on any atom is -0.502 e. The fourth-order valence-corrected chi connectivity index (χ4v) is 3.18. The van der Waals surface area contributed by atoms with Crippen molar-refractivity contribution in [3.8, 4) is 0 Å². The second kappa shape index (κ2) is 6.86. The first-order valence-electron chi connectivity index (χ1n) is 7.87. The second-order valence-corrected chi connectivity index (χ2v) is 5.36. The van der Waals surface area contributed by atoms with Crippen molar-refractivity contribution >= 4 is 11.8 Å². The standard InChI is InChI=1S/C18H22O5/c1-4-18(17(21)23-6-3)13(12-10-8-7-9-11-12)15(22-5-2)14(19)16(18)20/h7-11,13,19H,4-6H2,1-3H3/t13-,18-/m0/s1. The van der Waals surface area contributed by atoms with Crippen molar-refractivity contribution in [1.29, 1.82) is 0 Å². The van der Waals surface area contributed by atoms with Crippen LogP contribution in [-0.2, 0) is 19.1 Å². The molecule has 0 amide bonds. The summed E-state index contributed by atoms with van der Waals surface area (Å²) in [6.07, 6.45) is 0.213. The van der Waals surface area contributed by atoms with Crippen molar-refractivity contribution in [2.24, 2.45) is 5.41 Å². The van der Waals surface area contributed by atoms with E-state index in [0.717, 1.165) is 5.56 Å². The van der Waals surface area contributed by atoms with Gasteiger partial charge in [0.05, 0.1) is 19.1 Å². The highest BCUT2D eigenvalue weighted by atomic mass is 16.5. The van der Waals surface area contributed by atoms with Crippen LogP contribution in [0.15, 0.2) is 41.9 Å². The number of Topliss-reactive ketones (excluding diaryl/α,β-unsaturated/α-hetero) is 1. The first-order chi connectivity index (χ1) is 11.0. The zero-order valence-corrected chi connectivity index (χ0v) is 13.7. The quantitative estimate of drug-likeness (QED) is 0.644. The Bertz CT molecular complexity index is 620. The molecule has 0 saturated carbocycles. The van der Waals surface area contributed by atoms with E-state index in [-0.39, 0.29) is 18.8 Å². The van der Waals surface area contributed by atoms with Crippen molar-refractivity contribution in [3.05, 3.63) is 47.4 Å². The van der Waals surface area contributed by atoms with Gasteiger partial charge in [-0.25, -0.2) is 0 Å². The summed E-state index contributed by atoms with van der Waals surface area (Å²) in [6.45, 7) is 5.66. The topological polar surface area (TPSA) is 72.8 Å². The molecule has 1 aromatic rings. The highest BCUT2D eigenvalue weighted by molar-refractivity contribution is 6.15. The molecule has 0 radical (unpaired) electrons. The molecule has 1 aliphatic rings. The molecule has 1 N–H and O–H groups in total. The molecule has 0 bridgehead atoms. The van der Waals surface area contributed by atoms with Crippen LogP contribution in [0.2, 0.25) is 0 Å². The van der Waals surface area contributed by atoms with Crippen molar-refractivity contribution in [1.82, 2.24) is 0 Å². The summed E-state index contributed by atoms with van der Waals surface area (Å²) >= 11 is 0. The molecular formula is C18H22O5. The number of carbonyl (C=O) groups excluding carboxylic acids is 2. The summed E-state index contributed by atoms with van der Waals surface area (Å²) < 4.78 is 10.7. The lowest BCUT2D eigenvalue weighted by Crippen LogP contribution is -2.42. The highest BCUT2D eigenvalue weighted by Gasteiger charge is 2.61. The molecule has 2 rings (SSSR count). The van der Waals surface area contributed by atoms with E-state index in [1.807, 2.05) is 30.3 Å². The number of benzene rings is 1. The molecule has 124 valence electrons. The van der Waals surface area contributed by atoms with E-state index in [9.17, 15) is 14.7 Å². The number of ether oxygens (including phenoxy) is 2. The number of rotatable bonds is 6. The lowest BCUT2D eigenvalue weighted by atomic mass is 9.70. The SMILES string of the molecule is CCOC(=O)[C@]1(CC)C(=O)C(O)=C(OCC)[C@@H]1c1ccccc1. The Balaban J connectivity index is 2.64. The van der Waals surface area contributed by atoms with Crippen LogP contribution >= 0.6 is 0 Å². The maximum Gasteiger partial charge on any atom is 0.321 e. The molecule has 0 heterocycles. The Morgan fingerprint density at radius 2 is 1.83 bits per heavy atom. The van der Waals surface area contributed by atoms with E-state index in [2.05, 4.69) is 0 Å². The summed E-state index contributed by atoms with van der Waals surface area (Å²) in [5.74, 6) is -2.26. The Labute approximate surface area is 135 Å². The molecule has 0 spiro atoms. The second-order valence-electron chi connectivity index (χ2n) is 5.36. The zero-order valence-electron chi connectivity index (χ0n) is 13.7. The number of aliphatic hydroxyl groups is 1. The van der Waals surface area contributed by atoms with Gasteiger partial charge in [-0.1, -0.05) is 37.3 Å². The number of carbonyl (C=O) groups is 2. The Morgan fingerprint density at radius 3 is 2.35 bits per heavy atom. The number of hydrogen-bond acceptors (Lipinski definition) is 5. The van der Waals surface area contributed by atoms with E-state index < -0.39 is 28.8 Å². The van der Waals surface area contributed by atoms with Crippen molar-refractivity contribution in [2.75, 3.05) is 13.2 Å². The number of aliphatic hydroxyl groups excluding tert-OH is 1. The minimum absolute atomic E-state index is 0.151. The lowest BCUT2D eigenvalue weighted by molar-refractivity contribution is -0.160. The average Bonchev–Trinajstić information content (AvgIpc) is 2.78. The van der Waals surface area contributed by atoms with Gasteiger partial charge in [-0.15, -0.1) is 0 Å². The third-order valence-corrected chi connectivity index (χ3v) is 4.24. The van der Waals surface area contributed by atoms with Crippen LogP contribution in [0.5, 0.6) is 0 Å². The average molecular weight is 318 g/mol. The molecule has 0 unspecified atom stereocenters. The predicted octanol–water partition coefficient (Wildman–Crippen LogP) is 3.12. The van der Waals surface area contributed by atoms with Gasteiger partial charge in [-0.2, -0.15) is 0 Å². The van der Waals surface area contributed by atoms with Crippen LogP contribution in [0.25, 0.3) is 0 Å². The molecule has 0 saturated heterocycles. The first kappa shape index (κ1) is 17.1. The van der Waals surface area contributed by atoms with Gasteiger partial charge in [0.1, 0.15) is 5.41 Å². The summed E-state index contributed by atoms with van der Waals surface area (Å²) in [5.41, 5.74) is -0.741. The van der Waals surface area contributed by atoms with Gasteiger partial charge in [0, 0.05) is 0 Å².